The molecule has 0 spiro atoms. The van der Waals surface area contributed by atoms with Crippen molar-refractivity contribution < 1.29 is 28.3 Å². The molecule has 0 radical (unpaired) electrons. The van der Waals surface area contributed by atoms with Crippen LogP contribution in [0.25, 0.3) is 0 Å². The molecule has 6 nitrogen and oxygen atoms in total. The minimum absolute atomic E-state index is 0.0999. The van der Waals surface area contributed by atoms with Crippen LogP contribution in [0.3, 0.4) is 0 Å². The van der Waals surface area contributed by atoms with Crippen LogP contribution in [0, 0.1) is 0 Å². The number of hydrogen-bond acceptors (Lipinski definition) is 6. The summed E-state index contributed by atoms with van der Waals surface area (Å²) < 4.78 is 24.5. The van der Waals surface area contributed by atoms with Gasteiger partial charge in [0.25, 0.3) is 0 Å². The van der Waals surface area contributed by atoms with E-state index in [4.69, 9.17) is 18.4 Å². The second kappa shape index (κ2) is 16.7. The van der Waals surface area contributed by atoms with Gasteiger partial charge in [0.15, 0.2) is 0 Å². The highest BCUT2D eigenvalue weighted by molar-refractivity contribution is 8.30. The number of unbranched alkanes of at least 4 members (excludes halogenated alkanes) is 3. The number of rotatable bonds is 17. The lowest BCUT2D eigenvalue weighted by molar-refractivity contribution is 0.0754. The zero-order chi connectivity index (χ0) is 31.2. The zero-order valence-electron chi connectivity index (χ0n) is 26.0. The van der Waals surface area contributed by atoms with Gasteiger partial charge in [-0.15, -0.1) is 0 Å². The van der Waals surface area contributed by atoms with E-state index in [2.05, 4.69) is 20.8 Å². The molecule has 0 aliphatic heterocycles. The highest BCUT2D eigenvalue weighted by Gasteiger charge is 2.37. The summed E-state index contributed by atoms with van der Waals surface area (Å²) >= 11 is 0. The maximum absolute atomic E-state index is 13.9. The predicted molar refractivity (Wildman–Crippen MR) is 176 cm³/mol. The lowest BCUT2D eigenvalue weighted by atomic mass is 10.2. The van der Waals surface area contributed by atoms with Crippen molar-refractivity contribution in [2.75, 3.05) is 19.8 Å². The monoisotopic (exact) mass is 616 g/mol. The van der Waals surface area contributed by atoms with Gasteiger partial charge in [-0.05, 0) is 115 Å². The molecule has 0 atom stereocenters. The Morgan fingerprint density at radius 3 is 1.27 bits per heavy atom. The number of phenols is 1. The maximum atomic E-state index is 13.9. The van der Waals surface area contributed by atoms with E-state index in [1.807, 2.05) is 72.8 Å². The number of para-hydroxylation sites is 1. The van der Waals surface area contributed by atoms with E-state index in [9.17, 15) is 9.90 Å². The van der Waals surface area contributed by atoms with Gasteiger partial charge >= 0.3 is 5.97 Å². The molecule has 0 unspecified atom stereocenters. The van der Waals surface area contributed by atoms with Crippen molar-refractivity contribution in [3.63, 3.8) is 0 Å². The molecule has 0 aliphatic rings. The smallest absolute Gasteiger partial charge is 0.353 e. The molecule has 0 saturated carbocycles. The van der Waals surface area contributed by atoms with Gasteiger partial charge in [0.2, 0.25) is 0 Å². The lowest BCUT2D eigenvalue weighted by Crippen LogP contribution is -2.14. The molecule has 0 fully saturated rings. The molecule has 0 aliphatic carbocycles. The van der Waals surface area contributed by atoms with Crippen LogP contribution in [0.4, 0.5) is 0 Å². The first-order chi connectivity index (χ1) is 21.5. The van der Waals surface area contributed by atoms with Crippen LogP contribution in [0.15, 0.2) is 112 Å². The van der Waals surface area contributed by atoms with Crippen LogP contribution in [0.5, 0.6) is 23.0 Å². The third kappa shape index (κ3) is 8.29. The predicted octanol–water partition coefficient (Wildman–Crippen LogP) is 9.98. The second-order valence-corrected chi connectivity index (χ2v) is 13.2. The second-order valence-electron chi connectivity index (χ2n) is 10.5. The quantitative estimate of drug-likeness (QED) is 0.119. The molecule has 0 bridgehead atoms. The minimum atomic E-state index is -2.65. The number of aromatic hydroxyl groups is 1. The zero-order valence-corrected chi connectivity index (χ0v) is 26.8. The van der Waals surface area contributed by atoms with Gasteiger partial charge in [0.1, 0.15) is 28.6 Å². The Hall–Kier alpha value is -4.10. The first kappa shape index (κ1) is 32.8. The van der Waals surface area contributed by atoms with Crippen LogP contribution in [0.2, 0.25) is 0 Å². The molecule has 4 rings (SSSR count). The maximum Gasteiger partial charge on any atom is 0.353 e. The van der Waals surface area contributed by atoms with E-state index in [0.29, 0.717) is 19.8 Å². The standard InChI is InChI=1S/C37H44O6S/c1-4-7-26-40-29-14-20-32(21-15-29)44(43-37(39)35-12-10-11-13-36(35)38,33-22-16-30(17-23-33)41-27-8-5-2)34-24-18-31(19-25-34)42-28-9-6-3/h10-25,38H,4-9,26-28H2,1-3H3. The van der Waals surface area contributed by atoms with Crippen LogP contribution in [-0.2, 0) is 4.18 Å². The molecule has 0 saturated heterocycles. The topological polar surface area (TPSA) is 74.2 Å². The Morgan fingerprint density at radius 1 is 0.568 bits per heavy atom. The summed E-state index contributed by atoms with van der Waals surface area (Å²) in [6.45, 7) is 8.29. The Bertz CT molecular complexity index is 1300. The number of hydrogen-bond donors (Lipinski definition) is 1. The fourth-order valence-corrected chi connectivity index (χ4v) is 7.52. The van der Waals surface area contributed by atoms with Gasteiger partial charge in [-0.1, -0.05) is 52.2 Å². The number of ether oxygens (including phenoxy) is 3. The van der Waals surface area contributed by atoms with Crippen molar-refractivity contribution in [1.29, 1.82) is 0 Å². The first-order valence-corrected chi connectivity index (χ1v) is 17.1. The Balaban J connectivity index is 1.84. The third-order valence-electron chi connectivity index (χ3n) is 7.09. The molecular formula is C37H44O6S. The Morgan fingerprint density at radius 2 is 0.932 bits per heavy atom. The van der Waals surface area contributed by atoms with E-state index < -0.39 is 16.3 Å². The molecule has 0 heterocycles. The molecule has 0 aromatic heterocycles. The molecule has 7 heteroatoms. The molecule has 4 aromatic rings. The highest BCUT2D eigenvalue weighted by Crippen LogP contribution is 2.69. The fraction of sp³-hybridized carbons (Fsp3) is 0.324. The van der Waals surface area contributed by atoms with Gasteiger partial charge in [-0.2, -0.15) is 0 Å². The third-order valence-corrected chi connectivity index (χ3v) is 10.3. The normalized spacial score (nSPS) is 11.5. The molecule has 1 N–H and O–H groups in total. The van der Waals surface area contributed by atoms with Gasteiger partial charge in [0.05, 0.1) is 19.8 Å². The van der Waals surface area contributed by atoms with E-state index in [1.165, 1.54) is 6.07 Å². The van der Waals surface area contributed by atoms with Crippen molar-refractivity contribution in [1.82, 2.24) is 0 Å². The number of carbonyl (C=O) groups excluding carboxylic acids is 1. The molecule has 44 heavy (non-hydrogen) atoms. The van der Waals surface area contributed by atoms with Gasteiger partial charge in [-0.3, -0.25) is 0 Å². The lowest BCUT2D eigenvalue weighted by Gasteiger charge is -2.40. The average molecular weight is 617 g/mol. The summed E-state index contributed by atoms with van der Waals surface area (Å²) in [6.07, 6.45) is 6.04. The van der Waals surface area contributed by atoms with Crippen molar-refractivity contribution in [2.45, 2.75) is 74.0 Å². The van der Waals surface area contributed by atoms with Crippen molar-refractivity contribution >= 4 is 16.3 Å². The largest absolute Gasteiger partial charge is 0.507 e. The summed E-state index contributed by atoms with van der Waals surface area (Å²) in [6, 6.07) is 29.8. The van der Waals surface area contributed by atoms with E-state index in [1.54, 1.807) is 18.2 Å². The number of benzene rings is 4. The summed E-state index contributed by atoms with van der Waals surface area (Å²) in [7, 11) is -2.65. The molecule has 234 valence electrons. The summed E-state index contributed by atoms with van der Waals surface area (Å²) in [4.78, 5) is 16.3. The van der Waals surface area contributed by atoms with Crippen molar-refractivity contribution in [2.24, 2.45) is 0 Å². The summed E-state index contributed by atoms with van der Waals surface area (Å²) in [5.41, 5.74) is 0.0999. The molecule has 0 amide bonds. The molecule has 4 aromatic carbocycles. The highest BCUT2D eigenvalue weighted by atomic mass is 32.3. The van der Waals surface area contributed by atoms with Crippen LogP contribution in [0.1, 0.15) is 69.7 Å². The van der Waals surface area contributed by atoms with Gasteiger partial charge in [-0.25, -0.2) is 4.79 Å². The van der Waals surface area contributed by atoms with Crippen LogP contribution < -0.4 is 14.2 Å². The Labute approximate surface area is 263 Å². The summed E-state index contributed by atoms with van der Waals surface area (Å²) in [5, 5.41) is 10.6. The first-order valence-electron chi connectivity index (χ1n) is 15.6. The Kier molecular flexibility index (Phi) is 12.4. The number of carbonyl (C=O) groups is 1. The van der Waals surface area contributed by atoms with E-state index in [-0.39, 0.29) is 11.3 Å². The average Bonchev–Trinajstić information content (AvgIpc) is 3.05. The summed E-state index contributed by atoms with van der Waals surface area (Å²) in [5.74, 6) is 1.50. The van der Waals surface area contributed by atoms with Gasteiger partial charge < -0.3 is 23.5 Å². The van der Waals surface area contributed by atoms with Crippen molar-refractivity contribution in [3.8, 4) is 23.0 Å². The number of phenolic OH excluding ortho intramolecular Hbond substituents is 1. The van der Waals surface area contributed by atoms with Gasteiger partial charge in [0, 0.05) is 14.7 Å². The fourth-order valence-electron chi connectivity index (χ4n) is 4.54. The van der Waals surface area contributed by atoms with Crippen LogP contribution >= 0.6 is 10.3 Å². The minimum Gasteiger partial charge on any atom is -0.507 e. The van der Waals surface area contributed by atoms with E-state index in [0.717, 1.165) is 70.5 Å². The van der Waals surface area contributed by atoms with E-state index >= 15 is 0 Å². The van der Waals surface area contributed by atoms with Crippen LogP contribution in [-0.4, -0.2) is 30.9 Å². The SMILES string of the molecule is CCCCOc1ccc(S(OC(=O)c2ccccc2O)(c2ccc(OCCCC)cc2)c2ccc(OCCCC)cc2)cc1. The molecular weight excluding hydrogens is 572 g/mol. The van der Waals surface area contributed by atoms with Crippen molar-refractivity contribution in [3.05, 3.63) is 103 Å².